The van der Waals surface area contributed by atoms with Gasteiger partial charge in [-0.1, -0.05) is 19.3 Å². The Kier molecular flexibility index (Phi) is 7.56. The topological polar surface area (TPSA) is 52.6 Å². The van der Waals surface area contributed by atoms with E-state index in [-0.39, 0.29) is 0 Å². The molecule has 0 bridgehead atoms. The number of alkyl halides is 3. The second-order valence-corrected chi connectivity index (χ2v) is 8.56. The first-order valence-corrected chi connectivity index (χ1v) is 11.1. The molecule has 158 valence electrons. The number of nitrogens with zero attached hydrogens (tertiary/aromatic N) is 3. The van der Waals surface area contributed by atoms with E-state index in [1.807, 2.05) is 0 Å². The number of piperidine rings is 1. The quantitative estimate of drug-likeness (QED) is 0.567. The number of thiazole rings is 1. The fourth-order valence-corrected chi connectivity index (χ4v) is 4.89. The summed E-state index contributed by atoms with van der Waals surface area (Å²) in [5.41, 5.74) is -0.806. The number of hydrogen-bond acceptors (Lipinski definition) is 4. The van der Waals surface area contributed by atoms with Gasteiger partial charge >= 0.3 is 6.18 Å². The van der Waals surface area contributed by atoms with Gasteiger partial charge in [-0.15, -0.1) is 11.3 Å². The Labute approximate surface area is 168 Å². The van der Waals surface area contributed by atoms with Crippen molar-refractivity contribution in [1.29, 1.82) is 0 Å². The van der Waals surface area contributed by atoms with Gasteiger partial charge in [-0.2, -0.15) is 13.2 Å². The molecule has 9 heteroatoms. The molecule has 2 heterocycles. The van der Waals surface area contributed by atoms with Crippen LogP contribution in [0.1, 0.15) is 55.6 Å². The first-order valence-electron chi connectivity index (χ1n) is 10.2. The number of halogens is 3. The Hall–Kier alpha value is -1.35. The number of likely N-dealkylation sites (tertiary alicyclic amines) is 1. The molecule has 1 aromatic heterocycles. The lowest BCUT2D eigenvalue weighted by Gasteiger charge is -2.39. The highest BCUT2D eigenvalue weighted by Gasteiger charge is 2.33. The Morgan fingerprint density at radius 2 is 1.93 bits per heavy atom. The minimum Gasteiger partial charge on any atom is -0.356 e. The van der Waals surface area contributed by atoms with Crippen LogP contribution < -0.4 is 10.6 Å². The van der Waals surface area contributed by atoms with Crippen molar-refractivity contribution in [3.05, 3.63) is 16.1 Å². The van der Waals surface area contributed by atoms with Gasteiger partial charge in [-0.3, -0.25) is 4.99 Å². The molecule has 0 atom stereocenters. The molecule has 0 radical (unpaired) electrons. The van der Waals surface area contributed by atoms with Crippen LogP contribution in [0.25, 0.3) is 0 Å². The van der Waals surface area contributed by atoms with Crippen LogP contribution in [0.3, 0.4) is 0 Å². The summed E-state index contributed by atoms with van der Waals surface area (Å²) in [4.78, 5) is 10.6. The Morgan fingerprint density at radius 3 is 2.54 bits per heavy atom. The lowest BCUT2D eigenvalue weighted by atomic mass is 9.92. The summed E-state index contributed by atoms with van der Waals surface area (Å²) in [6.45, 7) is 2.75. The van der Waals surface area contributed by atoms with E-state index >= 15 is 0 Å². The lowest BCUT2D eigenvalue weighted by molar-refractivity contribution is -0.140. The van der Waals surface area contributed by atoms with E-state index in [2.05, 4.69) is 25.5 Å². The Balaban J connectivity index is 1.37. The van der Waals surface area contributed by atoms with E-state index in [9.17, 15) is 13.2 Å². The van der Waals surface area contributed by atoms with Crippen LogP contribution in [0.15, 0.2) is 10.4 Å². The van der Waals surface area contributed by atoms with Crippen LogP contribution in [-0.2, 0) is 12.6 Å². The molecule has 3 rings (SSSR count). The standard InChI is InChI=1S/C19H30F3N5S/c1-23-18(24-10-7-17-26-16(13-28-17)19(20,21)22)25-14-8-11-27(12-9-14)15-5-3-2-4-6-15/h13-15H,2-12H2,1H3,(H2,23,24,25). The molecular formula is C19H30F3N5S. The van der Waals surface area contributed by atoms with Gasteiger partial charge < -0.3 is 15.5 Å². The van der Waals surface area contributed by atoms with Gasteiger partial charge in [0.2, 0.25) is 0 Å². The van der Waals surface area contributed by atoms with Gasteiger partial charge in [0.15, 0.2) is 11.7 Å². The molecule has 1 aromatic rings. The van der Waals surface area contributed by atoms with Crippen LogP contribution >= 0.6 is 11.3 Å². The highest BCUT2D eigenvalue weighted by Crippen LogP contribution is 2.30. The van der Waals surface area contributed by atoms with Crippen LogP contribution in [0.5, 0.6) is 0 Å². The minimum absolute atomic E-state index is 0.391. The van der Waals surface area contributed by atoms with E-state index in [1.54, 1.807) is 7.05 Å². The SMILES string of the molecule is CN=C(NCCc1nc(C(F)(F)F)cs1)NC1CCN(C2CCCCC2)CC1. The summed E-state index contributed by atoms with van der Waals surface area (Å²) in [6.07, 6.45) is 5.06. The maximum absolute atomic E-state index is 12.6. The summed E-state index contributed by atoms with van der Waals surface area (Å²) in [5.74, 6) is 0.712. The summed E-state index contributed by atoms with van der Waals surface area (Å²) >= 11 is 1.05. The number of guanidine groups is 1. The first kappa shape index (κ1) is 21.4. The predicted molar refractivity (Wildman–Crippen MR) is 107 cm³/mol. The number of aromatic nitrogens is 1. The van der Waals surface area contributed by atoms with Gasteiger partial charge in [0.05, 0.1) is 5.01 Å². The molecule has 5 nitrogen and oxygen atoms in total. The summed E-state index contributed by atoms with van der Waals surface area (Å²) < 4.78 is 37.8. The van der Waals surface area contributed by atoms with Gasteiger partial charge in [-0.05, 0) is 25.7 Å². The van der Waals surface area contributed by atoms with Crippen molar-refractivity contribution in [2.75, 3.05) is 26.7 Å². The molecule has 2 N–H and O–H groups in total. The van der Waals surface area contributed by atoms with Gasteiger partial charge in [0.1, 0.15) is 0 Å². The molecule has 1 saturated carbocycles. The number of aliphatic imine (C=N–C) groups is 1. The van der Waals surface area contributed by atoms with E-state index < -0.39 is 11.9 Å². The monoisotopic (exact) mass is 417 g/mol. The van der Waals surface area contributed by atoms with Crippen LogP contribution in [0.4, 0.5) is 13.2 Å². The molecule has 1 saturated heterocycles. The van der Waals surface area contributed by atoms with Gasteiger partial charge in [0, 0.05) is 50.6 Å². The Bertz CT molecular complexity index is 632. The first-order chi connectivity index (χ1) is 13.5. The highest BCUT2D eigenvalue weighted by molar-refractivity contribution is 7.09. The predicted octanol–water partition coefficient (Wildman–Crippen LogP) is 3.67. The maximum Gasteiger partial charge on any atom is 0.434 e. The lowest BCUT2D eigenvalue weighted by Crippen LogP contribution is -2.51. The van der Waals surface area contributed by atoms with E-state index in [4.69, 9.17) is 0 Å². The maximum atomic E-state index is 12.6. The molecule has 0 amide bonds. The average Bonchev–Trinajstić information content (AvgIpc) is 3.18. The molecule has 1 aliphatic heterocycles. The van der Waals surface area contributed by atoms with Crippen molar-refractivity contribution in [2.45, 2.75) is 69.6 Å². The molecule has 1 aliphatic carbocycles. The van der Waals surface area contributed by atoms with Crippen molar-refractivity contribution < 1.29 is 13.2 Å². The second kappa shape index (κ2) is 9.91. The smallest absolute Gasteiger partial charge is 0.356 e. The summed E-state index contributed by atoms with van der Waals surface area (Å²) in [5, 5.41) is 8.21. The van der Waals surface area contributed by atoms with E-state index in [0.29, 0.717) is 30.0 Å². The second-order valence-electron chi connectivity index (χ2n) is 7.62. The number of rotatable bonds is 5. The van der Waals surface area contributed by atoms with Gasteiger partial charge in [-0.25, -0.2) is 4.98 Å². The summed E-state index contributed by atoms with van der Waals surface area (Å²) in [6, 6.07) is 1.16. The Morgan fingerprint density at radius 1 is 1.21 bits per heavy atom. The van der Waals surface area contributed by atoms with Crippen LogP contribution in [0.2, 0.25) is 0 Å². The highest BCUT2D eigenvalue weighted by atomic mass is 32.1. The summed E-state index contributed by atoms with van der Waals surface area (Å²) in [7, 11) is 1.72. The average molecular weight is 418 g/mol. The number of hydrogen-bond donors (Lipinski definition) is 2. The zero-order valence-electron chi connectivity index (χ0n) is 16.4. The normalized spacial score (nSPS) is 21.1. The van der Waals surface area contributed by atoms with Crippen molar-refractivity contribution >= 4 is 17.3 Å². The van der Waals surface area contributed by atoms with E-state index in [1.165, 1.54) is 32.1 Å². The minimum atomic E-state index is -4.37. The molecule has 2 aliphatic rings. The molecule has 0 spiro atoms. The fourth-order valence-electron chi connectivity index (χ4n) is 4.09. The third kappa shape index (κ3) is 6.07. The van der Waals surface area contributed by atoms with Crippen LogP contribution in [-0.4, -0.2) is 54.6 Å². The third-order valence-electron chi connectivity index (χ3n) is 5.66. The van der Waals surface area contributed by atoms with Crippen molar-refractivity contribution in [2.24, 2.45) is 4.99 Å². The third-order valence-corrected chi connectivity index (χ3v) is 6.57. The molecule has 0 unspecified atom stereocenters. The zero-order chi connectivity index (χ0) is 20.0. The fraction of sp³-hybridized carbons (Fsp3) is 0.789. The van der Waals surface area contributed by atoms with Crippen molar-refractivity contribution in [3.63, 3.8) is 0 Å². The van der Waals surface area contributed by atoms with Crippen LogP contribution in [0, 0.1) is 0 Å². The zero-order valence-corrected chi connectivity index (χ0v) is 17.2. The largest absolute Gasteiger partial charge is 0.434 e. The van der Waals surface area contributed by atoms with E-state index in [0.717, 1.165) is 48.7 Å². The molecule has 28 heavy (non-hydrogen) atoms. The van der Waals surface area contributed by atoms with Gasteiger partial charge in [0.25, 0.3) is 0 Å². The number of nitrogens with one attached hydrogen (secondary N) is 2. The molecule has 2 fully saturated rings. The van der Waals surface area contributed by atoms with Crippen molar-refractivity contribution in [1.82, 2.24) is 20.5 Å². The van der Waals surface area contributed by atoms with Crippen molar-refractivity contribution in [3.8, 4) is 0 Å². The molecule has 0 aromatic carbocycles. The molecular weight excluding hydrogens is 387 g/mol.